The molecule has 2 amide bonds. The van der Waals surface area contributed by atoms with Crippen molar-refractivity contribution in [1.29, 1.82) is 0 Å². The molecule has 2 aromatic rings. The van der Waals surface area contributed by atoms with Crippen molar-refractivity contribution in [3.63, 3.8) is 0 Å². The first-order valence-electron chi connectivity index (χ1n) is 13.5. The summed E-state index contributed by atoms with van der Waals surface area (Å²) in [6.07, 6.45) is 1.37. The van der Waals surface area contributed by atoms with Gasteiger partial charge in [0.1, 0.15) is 5.60 Å². The number of nitrogens with zero attached hydrogens (tertiary/aromatic N) is 3. The fourth-order valence-electron chi connectivity index (χ4n) is 4.27. The van der Waals surface area contributed by atoms with Gasteiger partial charge in [0.25, 0.3) is 5.91 Å². The molecule has 0 radical (unpaired) electrons. The number of benzene rings is 1. The molecule has 1 saturated carbocycles. The lowest BCUT2D eigenvalue weighted by Crippen LogP contribution is -2.52. The van der Waals surface area contributed by atoms with E-state index >= 15 is 0 Å². The molecule has 2 heterocycles. The number of halogens is 2. The number of hydrogen-bond acceptors (Lipinski definition) is 8. The number of piperazine rings is 1. The number of amides is 2. The molecule has 1 aromatic carbocycles. The monoisotopic (exact) mass is 564 g/mol. The van der Waals surface area contributed by atoms with Crippen molar-refractivity contribution in [3.05, 3.63) is 29.7 Å². The molecule has 1 aliphatic heterocycles. The number of carbonyl (C=O) groups excluding carboxylic acids is 2. The summed E-state index contributed by atoms with van der Waals surface area (Å²) in [5, 5.41) is 2.71. The summed E-state index contributed by atoms with van der Waals surface area (Å²) in [4.78, 5) is 34.6. The zero-order valence-corrected chi connectivity index (χ0v) is 23.8. The first-order chi connectivity index (χ1) is 18.8. The molecule has 1 aromatic heterocycles. The normalized spacial score (nSPS) is 18.9. The second-order valence-electron chi connectivity index (χ2n) is 11.5. The predicted octanol–water partition coefficient (Wildman–Crippen LogP) is 5.09. The minimum absolute atomic E-state index is 0.0590. The first kappa shape index (κ1) is 29.6. The Morgan fingerprint density at radius 3 is 2.55 bits per heavy atom. The largest absolute Gasteiger partial charge is 0.489 e. The van der Waals surface area contributed by atoms with Gasteiger partial charge in [0.15, 0.2) is 23.0 Å². The molecule has 1 aliphatic carbocycles. The Kier molecular flexibility index (Phi) is 8.86. The Bertz CT molecular complexity index is 1210. The van der Waals surface area contributed by atoms with Crippen molar-refractivity contribution in [2.45, 2.75) is 71.8 Å². The van der Waals surface area contributed by atoms with Gasteiger partial charge in [-0.1, -0.05) is 0 Å². The van der Waals surface area contributed by atoms with Crippen LogP contribution in [0, 0.1) is 5.92 Å². The molecule has 0 bridgehead atoms. The number of aromatic nitrogens is 1. The molecule has 2 atom stereocenters. The molecule has 0 spiro atoms. The number of carbonyl (C=O) groups is 2. The van der Waals surface area contributed by atoms with Crippen LogP contribution in [0.3, 0.4) is 0 Å². The highest BCUT2D eigenvalue weighted by Gasteiger charge is 2.33. The molecule has 2 aliphatic rings. The number of hydrogen-bond donors (Lipinski definition) is 1. The van der Waals surface area contributed by atoms with Crippen LogP contribution in [-0.4, -0.2) is 78.3 Å². The maximum atomic E-state index is 13.7. The fraction of sp³-hybridized carbons (Fsp3) is 0.607. The van der Waals surface area contributed by atoms with Crippen LogP contribution in [0.15, 0.2) is 22.6 Å². The van der Waals surface area contributed by atoms with E-state index in [1.54, 1.807) is 32.6 Å². The van der Waals surface area contributed by atoms with E-state index in [2.05, 4.69) is 19.9 Å². The van der Waals surface area contributed by atoms with E-state index < -0.39 is 24.3 Å². The van der Waals surface area contributed by atoms with Gasteiger partial charge in [0, 0.05) is 31.2 Å². The number of likely N-dealkylation sites (N-methyl/N-ethyl adjacent to an activating group) is 1. The number of nitrogens with one attached hydrogen (secondary N) is 1. The Morgan fingerprint density at radius 1 is 1.20 bits per heavy atom. The third-order valence-electron chi connectivity index (χ3n) is 6.81. The third kappa shape index (κ3) is 7.61. The molecule has 1 saturated heterocycles. The minimum Gasteiger partial charge on any atom is -0.489 e. The van der Waals surface area contributed by atoms with Crippen molar-refractivity contribution in [2.24, 2.45) is 5.92 Å². The average molecular weight is 565 g/mol. The summed E-state index contributed by atoms with van der Waals surface area (Å²) in [7, 11) is 2.00. The summed E-state index contributed by atoms with van der Waals surface area (Å²) >= 11 is 0. The van der Waals surface area contributed by atoms with Crippen molar-refractivity contribution in [1.82, 2.24) is 20.1 Å². The second kappa shape index (κ2) is 12.0. The Balaban J connectivity index is 1.67. The van der Waals surface area contributed by atoms with E-state index in [0.717, 1.165) is 12.8 Å². The molecule has 40 heavy (non-hydrogen) atoms. The van der Waals surface area contributed by atoms with E-state index in [0.29, 0.717) is 37.7 Å². The topological polar surface area (TPSA) is 106 Å². The summed E-state index contributed by atoms with van der Waals surface area (Å²) in [5.41, 5.74) is -0.253. The van der Waals surface area contributed by atoms with Crippen LogP contribution < -0.4 is 14.8 Å². The zero-order valence-electron chi connectivity index (χ0n) is 23.8. The lowest BCUT2D eigenvalue weighted by atomic mass is 10.1. The van der Waals surface area contributed by atoms with Crippen LogP contribution in [0.2, 0.25) is 0 Å². The van der Waals surface area contributed by atoms with Gasteiger partial charge in [-0.25, -0.2) is 9.78 Å². The van der Waals surface area contributed by atoms with Gasteiger partial charge in [-0.15, -0.1) is 0 Å². The Hall–Kier alpha value is -3.41. The maximum Gasteiger partial charge on any atom is 0.408 e. The molecular weight excluding hydrogens is 526 g/mol. The highest BCUT2D eigenvalue weighted by molar-refractivity contribution is 5.94. The van der Waals surface area contributed by atoms with Gasteiger partial charge < -0.3 is 33.7 Å². The number of ether oxygens (including phenoxy) is 3. The molecule has 4 rings (SSSR count). The molecule has 1 N–H and O–H groups in total. The second-order valence-corrected chi connectivity index (χ2v) is 11.5. The smallest absolute Gasteiger partial charge is 0.408 e. The third-order valence-corrected chi connectivity index (χ3v) is 6.81. The van der Waals surface area contributed by atoms with Crippen LogP contribution >= 0.6 is 0 Å². The predicted molar refractivity (Wildman–Crippen MR) is 143 cm³/mol. The molecular formula is C28H38F2N4O6. The molecule has 220 valence electrons. The van der Waals surface area contributed by atoms with Crippen LogP contribution in [0.5, 0.6) is 11.5 Å². The number of oxazole rings is 1. The van der Waals surface area contributed by atoms with Crippen LogP contribution in [0.25, 0.3) is 11.5 Å². The van der Waals surface area contributed by atoms with Gasteiger partial charge in [0.05, 0.1) is 12.6 Å². The quantitative estimate of drug-likeness (QED) is 0.449. The summed E-state index contributed by atoms with van der Waals surface area (Å²) in [5.74, 6) is 0.320. The van der Waals surface area contributed by atoms with Gasteiger partial charge in [0.2, 0.25) is 5.89 Å². The summed E-state index contributed by atoms with van der Waals surface area (Å²) in [6.45, 7) is 8.02. The van der Waals surface area contributed by atoms with Crippen LogP contribution in [0.4, 0.5) is 13.6 Å². The summed E-state index contributed by atoms with van der Waals surface area (Å²) in [6, 6.07) is 3.77. The Morgan fingerprint density at radius 2 is 1.93 bits per heavy atom. The van der Waals surface area contributed by atoms with E-state index in [-0.39, 0.29) is 40.8 Å². The van der Waals surface area contributed by atoms with Crippen molar-refractivity contribution < 1.29 is 37.0 Å². The number of alkyl carbamates (subject to hydrolysis) is 1. The van der Waals surface area contributed by atoms with Crippen LogP contribution in [-0.2, 0) is 4.74 Å². The van der Waals surface area contributed by atoms with E-state index in [1.807, 2.05) is 14.0 Å². The van der Waals surface area contributed by atoms with E-state index in [4.69, 9.17) is 13.9 Å². The SMILES string of the molecule is C[C@H](NC(=O)OC(C)(C)C)c1oc(-c2ccc(OC(F)F)c(OCC3CC3)c2)nc1C(=O)N1CCN(C)[C@@H](C)C1. The van der Waals surface area contributed by atoms with E-state index in [1.165, 1.54) is 18.2 Å². The molecule has 12 heteroatoms. The van der Waals surface area contributed by atoms with Crippen molar-refractivity contribution in [2.75, 3.05) is 33.3 Å². The first-order valence-corrected chi connectivity index (χ1v) is 13.5. The highest BCUT2D eigenvalue weighted by Crippen LogP contribution is 2.37. The standard InChI is InChI=1S/C28H38F2N4O6/c1-16-14-34(12-11-33(16)6)25(35)22-23(17(2)31-27(36)40-28(3,4)5)39-24(32-22)19-9-10-20(38-26(29)30)21(13-19)37-15-18-7-8-18/h9-10,13,16-18,26H,7-8,11-12,14-15H2,1-6H3,(H,31,36)/t16-,17-/m0/s1. The average Bonchev–Trinajstić information content (AvgIpc) is 3.58. The minimum atomic E-state index is -3.02. The van der Waals surface area contributed by atoms with Gasteiger partial charge >= 0.3 is 12.7 Å². The van der Waals surface area contributed by atoms with Crippen molar-refractivity contribution in [3.8, 4) is 23.0 Å². The highest BCUT2D eigenvalue weighted by atomic mass is 19.3. The molecule has 0 unspecified atom stereocenters. The lowest BCUT2D eigenvalue weighted by Gasteiger charge is -2.37. The number of rotatable bonds is 9. The Labute approximate surface area is 232 Å². The van der Waals surface area contributed by atoms with Crippen molar-refractivity contribution >= 4 is 12.0 Å². The van der Waals surface area contributed by atoms with Gasteiger partial charge in [-0.2, -0.15) is 8.78 Å². The lowest BCUT2D eigenvalue weighted by molar-refractivity contribution is -0.0515. The molecule has 2 fully saturated rings. The summed E-state index contributed by atoms with van der Waals surface area (Å²) < 4.78 is 47.9. The zero-order chi connectivity index (χ0) is 29.2. The maximum absolute atomic E-state index is 13.7. The van der Waals surface area contributed by atoms with E-state index in [9.17, 15) is 18.4 Å². The van der Waals surface area contributed by atoms with Gasteiger partial charge in [-0.3, -0.25) is 4.79 Å². The number of alkyl halides is 2. The fourth-order valence-corrected chi connectivity index (χ4v) is 4.27. The van der Waals surface area contributed by atoms with Gasteiger partial charge in [-0.05, 0) is 78.6 Å². The van der Waals surface area contributed by atoms with Crippen LogP contribution in [0.1, 0.15) is 69.8 Å². The molecule has 10 nitrogen and oxygen atoms in total.